The van der Waals surface area contributed by atoms with E-state index in [1.54, 1.807) is 11.3 Å². The molecule has 0 spiro atoms. The fourth-order valence-corrected chi connectivity index (χ4v) is 3.70. The molecule has 1 heterocycles. The van der Waals surface area contributed by atoms with Gasteiger partial charge in [0.2, 0.25) is 0 Å². The van der Waals surface area contributed by atoms with Gasteiger partial charge in [-0.05, 0) is 40.4 Å². The molecule has 0 aliphatic carbocycles. The molecule has 1 atom stereocenters. The molecule has 0 saturated carbocycles. The van der Waals surface area contributed by atoms with Crippen molar-refractivity contribution >= 4 is 38.9 Å². The van der Waals surface area contributed by atoms with Gasteiger partial charge in [-0.15, -0.1) is 11.3 Å². The standard InChI is InChI=1S/C12H19BrClNS/c1-5-6-15-10(12(2,3)4)9-7-8(14)11(13)16-9/h7,10,15H,5-6H2,1-4H3. The van der Waals surface area contributed by atoms with Gasteiger partial charge in [0.25, 0.3) is 0 Å². The molecule has 0 saturated heterocycles. The molecule has 1 rings (SSSR count). The molecular formula is C12H19BrClNS. The number of hydrogen-bond acceptors (Lipinski definition) is 2. The van der Waals surface area contributed by atoms with Crippen molar-refractivity contribution in [3.05, 3.63) is 19.8 Å². The maximum atomic E-state index is 6.09. The van der Waals surface area contributed by atoms with E-state index in [2.05, 4.69) is 55.0 Å². The van der Waals surface area contributed by atoms with Gasteiger partial charge in [0, 0.05) is 10.9 Å². The molecule has 0 aromatic carbocycles. The third-order valence-corrected chi connectivity index (χ3v) is 4.95. The summed E-state index contributed by atoms with van der Waals surface area (Å²) in [5.41, 5.74) is 0.197. The Kier molecular flexibility index (Phi) is 5.30. The van der Waals surface area contributed by atoms with Gasteiger partial charge in [0.05, 0.1) is 8.81 Å². The van der Waals surface area contributed by atoms with Crippen molar-refractivity contribution in [2.24, 2.45) is 5.41 Å². The van der Waals surface area contributed by atoms with E-state index in [1.807, 2.05) is 0 Å². The Morgan fingerprint density at radius 1 is 1.50 bits per heavy atom. The topological polar surface area (TPSA) is 12.0 Å². The van der Waals surface area contributed by atoms with Crippen LogP contribution in [0.4, 0.5) is 0 Å². The highest BCUT2D eigenvalue weighted by Crippen LogP contribution is 2.41. The van der Waals surface area contributed by atoms with Crippen LogP contribution < -0.4 is 5.32 Å². The summed E-state index contributed by atoms with van der Waals surface area (Å²) in [4.78, 5) is 1.30. The van der Waals surface area contributed by atoms with Gasteiger partial charge in [-0.1, -0.05) is 39.3 Å². The van der Waals surface area contributed by atoms with Crippen molar-refractivity contribution in [1.29, 1.82) is 0 Å². The van der Waals surface area contributed by atoms with E-state index in [1.165, 1.54) is 4.88 Å². The third kappa shape index (κ3) is 3.73. The maximum absolute atomic E-state index is 6.09. The van der Waals surface area contributed by atoms with E-state index in [4.69, 9.17) is 11.6 Å². The Bertz CT molecular complexity index is 324. The summed E-state index contributed by atoms with van der Waals surface area (Å²) < 4.78 is 1.02. The molecule has 16 heavy (non-hydrogen) atoms. The van der Waals surface area contributed by atoms with Gasteiger partial charge in [-0.3, -0.25) is 0 Å². The van der Waals surface area contributed by atoms with Crippen LogP contribution in [0.2, 0.25) is 5.02 Å². The first-order valence-corrected chi connectivity index (χ1v) is 7.53. The minimum Gasteiger partial charge on any atom is -0.309 e. The van der Waals surface area contributed by atoms with Crippen LogP contribution in [0.25, 0.3) is 0 Å². The van der Waals surface area contributed by atoms with Crippen molar-refractivity contribution in [1.82, 2.24) is 5.32 Å². The van der Waals surface area contributed by atoms with Crippen molar-refractivity contribution in [2.75, 3.05) is 6.54 Å². The minimum atomic E-state index is 0.197. The van der Waals surface area contributed by atoms with Crippen LogP contribution in [0.5, 0.6) is 0 Å². The van der Waals surface area contributed by atoms with Crippen molar-refractivity contribution < 1.29 is 0 Å². The first-order chi connectivity index (χ1) is 7.36. The highest BCUT2D eigenvalue weighted by Gasteiger charge is 2.27. The molecule has 0 bridgehead atoms. The molecule has 1 nitrogen and oxygen atoms in total. The number of hydrogen-bond donors (Lipinski definition) is 1. The molecule has 0 amide bonds. The summed E-state index contributed by atoms with van der Waals surface area (Å²) in [5.74, 6) is 0. The predicted molar refractivity (Wildman–Crippen MR) is 77.5 cm³/mol. The van der Waals surface area contributed by atoms with Gasteiger partial charge in [0.15, 0.2) is 0 Å². The fraction of sp³-hybridized carbons (Fsp3) is 0.667. The molecule has 0 fully saturated rings. The van der Waals surface area contributed by atoms with E-state index in [0.717, 1.165) is 21.8 Å². The smallest absolute Gasteiger partial charge is 0.0888 e. The van der Waals surface area contributed by atoms with E-state index in [-0.39, 0.29) is 5.41 Å². The second-order valence-electron chi connectivity index (χ2n) is 5.02. The van der Waals surface area contributed by atoms with Crippen molar-refractivity contribution in [3.63, 3.8) is 0 Å². The summed E-state index contributed by atoms with van der Waals surface area (Å²) >= 11 is 11.3. The summed E-state index contributed by atoms with van der Waals surface area (Å²) in [5, 5.41) is 4.41. The van der Waals surface area contributed by atoms with E-state index >= 15 is 0 Å². The second kappa shape index (κ2) is 5.85. The summed E-state index contributed by atoms with van der Waals surface area (Å²) in [6.07, 6.45) is 1.15. The molecule has 0 aliphatic heterocycles. The Morgan fingerprint density at radius 3 is 2.50 bits per heavy atom. The average molecular weight is 325 g/mol. The molecular weight excluding hydrogens is 306 g/mol. The minimum absolute atomic E-state index is 0.197. The number of nitrogens with one attached hydrogen (secondary N) is 1. The fourth-order valence-electron chi connectivity index (χ4n) is 1.63. The highest BCUT2D eigenvalue weighted by atomic mass is 79.9. The third-order valence-electron chi connectivity index (χ3n) is 2.41. The Hall–Kier alpha value is 0.430. The first kappa shape index (κ1) is 14.5. The lowest BCUT2D eigenvalue weighted by Gasteiger charge is -2.30. The van der Waals surface area contributed by atoms with Crippen LogP contribution in [-0.2, 0) is 0 Å². The molecule has 0 aliphatic rings. The molecule has 1 aromatic rings. The zero-order valence-electron chi connectivity index (χ0n) is 10.2. The van der Waals surface area contributed by atoms with Crippen LogP contribution in [-0.4, -0.2) is 6.54 Å². The highest BCUT2D eigenvalue weighted by molar-refractivity contribution is 9.11. The molecule has 92 valence electrons. The Labute approximate surface area is 116 Å². The lowest BCUT2D eigenvalue weighted by atomic mass is 9.86. The van der Waals surface area contributed by atoms with Gasteiger partial charge in [-0.25, -0.2) is 0 Å². The number of thiophene rings is 1. The molecule has 1 aromatic heterocycles. The van der Waals surface area contributed by atoms with Gasteiger partial charge in [-0.2, -0.15) is 0 Å². The zero-order valence-corrected chi connectivity index (χ0v) is 13.4. The quantitative estimate of drug-likeness (QED) is 0.797. The number of rotatable bonds is 4. The van der Waals surface area contributed by atoms with Crippen LogP contribution in [0.1, 0.15) is 45.0 Å². The molecule has 1 N–H and O–H groups in total. The average Bonchev–Trinajstić information content (AvgIpc) is 2.45. The van der Waals surface area contributed by atoms with Gasteiger partial charge >= 0.3 is 0 Å². The largest absolute Gasteiger partial charge is 0.309 e. The Morgan fingerprint density at radius 2 is 2.12 bits per heavy atom. The second-order valence-corrected chi connectivity index (χ2v) is 7.83. The van der Waals surface area contributed by atoms with E-state index in [0.29, 0.717) is 6.04 Å². The normalized spacial score (nSPS) is 14.1. The predicted octanol–water partition coefficient (Wildman–Crippen LogP) is 5.25. The first-order valence-electron chi connectivity index (χ1n) is 5.54. The lowest BCUT2D eigenvalue weighted by Crippen LogP contribution is -2.32. The van der Waals surface area contributed by atoms with Crippen LogP contribution in [0, 0.1) is 5.41 Å². The van der Waals surface area contributed by atoms with Gasteiger partial charge in [0.1, 0.15) is 0 Å². The maximum Gasteiger partial charge on any atom is 0.0888 e. The van der Waals surface area contributed by atoms with Crippen molar-refractivity contribution in [2.45, 2.75) is 40.2 Å². The monoisotopic (exact) mass is 323 g/mol. The Balaban J connectivity index is 2.92. The lowest BCUT2D eigenvalue weighted by molar-refractivity contribution is 0.277. The summed E-state index contributed by atoms with van der Waals surface area (Å²) in [6.45, 7) is 9.98. The van der Waals surface area contributed by atoms with Crippen molar-refractivity contribution in [3.8, 4) is 0 Å². The molecule has 1 unspecified atom stereocenters. The number of halogens is 2. The van der Waals surface area contributed by atoms with E-state index < -0.39 is 0 Å². The van der Waals surface area contributed by atoms with E-state index in [9.17, 15) is 0 Å². The summed E-state index contributed by atoms with van der Waals surface area (Å²) in [7, 11) is 0. The SMILES string of the molecule is CCCNC(c1cc(Cl)c(Br)s1)C(C)(C)C. The molecule has 0 radical (unpaired) electrons. The summed E-state index contributed by atoms with van der Waals surface area (Å²) in [6, 6.07) is 2.43. The van der Waals surface area contributed by atoms with Crippen LogP contribution >= 0.6 is 38.9 Å². The molecule has 4 heteroatoms. The van der Waals surface area contributed by atoms with Gasteiger partial charge < -0.3 is 5.32 Å². The zero-order chi connectivity index (χ0) is 12.3. The van der Waals surface area contributed by atoms with Crippen LogP contribution in [0.3, 0.4) is 0 Å². The van der Waals surface area contributed by atoms with Crippen LogP contribution in [0.15, 0.2) is 9.85 Å².